The molecular formula is C31H50N2O8Si2. The van der Waals surface area contributed by atoms with Crippen LogP contribution >= 0.6 is 0 Å². The first-order valence-electron chi connectivity index (χ1n) is 15.4. The molecule has 4 rings (SSSR count). The fraction of sp³-hybridized carbons (Fsp3) is 0.677. The van der Waals surface area contributed by atoms with Crippen molar-refractivity contribution in [2.75, 3.05) is 13.7 Å². The predicted octanol–water partition coefficient (Wildman–Crippen LogP) is 5.36. The lowest BCUT2D eigenvalue weighted by Crippen LogP contribution is -2.65. The average molecular weight is 635 g/mol. The van der Waals surface area contributed by atoms with Crippen molar-refractivity contribution in [3.8, 4) is 0 Å². The first-order valence-corrected chi connectivity index (χ1v) is 19.4. The molecule has 43 heavy (non-hydrogen) atoms. The molecule has 0 bridgehead atoms. The van der Waals surface area contributed by atoms with Crippen molar-refractivity contribution in [2.45, 2.75) is 122 Å². The number of fused-ring (bicyclic) bond motifs is 1. The van der Waals surface area contributed by atoms with Gasteiger partial charge in [0.1, 0.15) is 25.0 Å². The van der Waals surface area contributed by atoms with Crippen molar-refractivity contribution < 1.29 is 27.2 Å². The van der Waals surface area contributed by atoms with E-state index in [0.717, 1.165) is 10.1 Å². The van der Waals surface area contributed by atoms with Gasteiger partial charge in [0.15, 0.2) is 6.23 Å². The zero-order valence-electron chi connectivity index (χ0n) is 27.4. The summed E-state index contributed by atoms with van der Waals surface area (Å²) in [6, 6.07) is 9.61. The lowest BCUT2D eigenvalue weighted by atomic mass is 10.1. The number of hydrogen-bond donors (Lipinski definition) is 0. The number of methoxy groups -OCH3 is 1. The maximum atomic E-state index is 13.8. The van der Waals surface area contributed by atoms with E-state index in [4.69, 9.17) is 27.2 Å². The molecule has 3 heterocycles. The molecule has 0 aliphatic carbocycles. The van der Waals surface area contributed by atoms with Crippen molar-refractivity contribution >= 4 is 17.1 Å². The third-order valence-corrected chi connectivity index (χ3v) is 19.1. The molecule has 1 aromatic carbocycles. The van der Waals surface area contributed by atoms with E-state index in [1.165, 1.54) is 4.57 Å². The highest BCUT2D eigenvalue weighted by molar-refractivity contribution is 6.84. The van der Waals surface area contributed by atoms with Crippen LogP contribution in [0.5, 0.6) is 0 Å². The van der Waals surface area contributed by atoms with Crippen molar-refractivity contribution in [3.63, 3.8) is 0 Å². The molecule has 0 amide bonds. The van der Waals surface area contributed by atoms with Crippen molar-refractivity contribution in [1.29, 1.82) is 0 Å². The zero-order chi connectivity index (χ0) is 31.7. The van der Waals surface area contributed by atoms with E-state index in [0.29, 0.717) is 5.56 Å². The minimum absolute atomic E-state index is 0.129. The van der Waals surface area contributed by atoms with Crippen molar-refractivity contribution in [2.24, 2.45) is 0 Å². The summed E-state index contributed by atoms with van der Waals surface area (Å²) in [5.74, 6) is 0. The van der Waals surface area contributed by atoms with Gasteiger partial charge in [-0.1, -0.05) is 85.7 Å². The van der Waals surface area contributed by atoms with Crippen LogP contribution in [0.4, 0.5) is 0 Å². The number of rotatable bonds is 10. The summed E-state index contributed by atoms with van der Waals surface area (Å²) >= 11 is 0. The molecule has 4 atom stereocenters. The van der Waals surface area contributed by atoms with Crippen LogP contribution in [0.15, 0.2) is 46.1 Å². The second kappa shape index (κ2) is 13.6. The second-order valence-electron chi connectivity index (χ2n) is 13.0. The van der Waals surface area contributed by atoms with Crippen LogP contribution in [-0.2, 0) is 40.5 Å². The normalized spacial score (nSPS) is 25.3. The van der Waals surface area contributed by atoms with E-state index in [1.807, 2.05) is 30.3 Å². The maximum absolute atomic E-state index is 13.8. The number of aryl methyl sites for hydroxylation is 1. The summed E-state index contributed by atoms with van der Waals surface area (Å²) < 4.78 is 42.4. The fourth-order valence-corrected chi connectivity index (χ4v) is 17.7. The van der Waals surface area contributed by atoms with Gasteiger partial charge in [0.25, 0.3) is 5.56 Å². The summed E-state index contributed by atoms with van der Waals surface area (Å²) in [4.78, 5) is 26.9. The van der Waals surface area contributed by atoms with E-state index in [9.17, 15) is 9.59 Å². The van der Waals surface area contributed by atoms with E-state index in [-0.39, 0.29) is 42.1 Å². The Hall–Kier alpha value is -1.91. The Labute approximate surface area is 257 Å². The van der Waals surface area contributed by atoms with E-state index in [2.05, 4.69) is 55.4 Å². The summed E-state index contributed by atoms with van der Waals surface area (Å²) in [7, 11) is -4.11. The third kappa shape index (κ3) is 6.43. The summed E-state index contributed by atoms with van der Waals surface area (Å²) in [5, 5.41) is 0. The van der Waals surface area contributed by atoms with Gasteiger partial charge in [-0.3, -0.25) is 9.36 Å². The van der Waals surface area contributed by atoms with Gasteiger partial charge >= 0.3 is 22.8 Å². The van der Waals surface area contributed by atoms with Crippen LogP contribution in [0, 0.1) is 6.92 Å². The summed E-state index contributed by atoms with van der Waals surface area (Å²) in [6.07, 6.45) is -0.951. The molecule has 12 heteroatoms. The Morgan fingerprint density at radius 3 is 2.09 bits per heavy atom. The van der Waals surface area contributed by atoms with E-state index < -0.39 is 52.9 Å². The quantitative estimate of drug-likeness (QED) is 0.322. The van der Waals surface area contributed by atoms with Gasteiger partial charge in [-0.25, -0.2) is 9.36 Å². The lowest BCUT2D eigenvalue weighted by molar-refractivity contribution is -0.0655. The van der Waals surface area contributed by atoms with E-state index in [1.54, 1.807) is 20.2 Å². The van der Waals surface area contributed by atoms with Crippen molar-refractivity contribution in [3.05, 3.63) is 68.5 Å². The number of hydrogen-bond acceptors (Lipinski definition) is 8. The predicted molar refractivity (Wildman–Crippen MR) is 169 cm³/mol. The molecule has 2 aliphatic heterocycles. The molecule has 240 valence electrons. The monoisotopic (exact) mass is 634 g/mol. The summed E-state index contributed by atoms with van der Waals surface area (Å²) in [5.41, 5.74) is 1.04. The Bertz CT molecular complexity index is 1330. The summed E-state index contributed by atoms with van der Waals surface area (Å²) in [6.45, 7) is 19.4. The van der Waals surface area contributed by atoms with Gasteiger partial charge in [-0.15, -0.1) is 0 Å². The molecule has 3 unspecified atom stereocenters. The van der Waals surface area contributed by atoms with Gasteiger partial charge in [-0.05, 0) is 34.7 Å². The van der Waals surface area contributed by atoms with Gasteiger partial charge in [0, 0.05) is 18.9 Å². The van der Waals surface area contributed by atoms with Crippen LogP contribution in [0.2, 0.25) is 22.2 Å². The van der Waals surface area contributed by atoms with Crippen LogP contribution < -0.4 is 11.2 Å². The first-order chi connectivity index (χ1) is 20.3. The van der Waals surface area contributed by atoms with Crippen LogP contribution in [0.25, 0.3) is 0 Å². The molecule has 2 fully saturated rings. The van der Waals surface area contributed by atoms with Crippen LogP contribution in [0.1, 0.15) is 72.7 Å². The highest BCUT2D eigenvalue weighted by Crippen LogP contribution is 2.48. The highest BCUT2D eigenvalue weighted by Gasteiger charge is 2.62. The number of ether oxygens (including phenoxy) is 3. The first kappa shape index (κ1) is 34.0. The minimum Gasteiger partial charge on any atom is -0.414 e. The van der Waals surface area contributed by atoms with Gasteiger partial charge < -0.3 is 27.2 Å². The molecule has 2 aliphatic rings. The molecule has 0 spiro atoms. The third-order valence-electron chi connectivity index (χ3n) is 8.86. The van der Waals surface area contributed by atoms with Crippen LogP contribution in [0.3, 0.4) is 0 Å². The molecule has 10 nitrogen and oxygen atoms in total. The Kier molecular flexibility index (Phi) is 10.8. The Balaban J connectivity index is 1.73. The Morgan fingerprint density at radius 2 is 1.53 bits per heavy atom. The molecule has 0 radical (unpaired) electrons. The maximum Gasteiger partial charge on any atom is 0.335 e. The topological polar surface area (TPSA) is 99.4 Å². The molecule has 0 N–H and O–H groups in total. The van der Waals surface area contributed by atoms with Gasteiger partial charge in [-0.2, -0.15) is 0 Å². The largest absolute Gasteiger partial charge is 0.414 e. The second-order valence-corrected chi connectivity index (χ2v) is 21.9. The zero-order valence-corrected chi connectivity index (χ0v) is 29.4. The SMILES string of the molecule is COC1C(n2cc(C)c(=O)n(COCc3ccccc3)c2=O)OC2CO[Si](C(C)C)(C(C)C)O[Si](C(C)C)(C(C)C)O[C@H]21. The standard InChI is InChI=1S/C31H50N2O8Si2/c1-20(2)42(21(3)4)38-18-26-27(40-43(41-42,22(5)6)23(7)8)28(36-10)30(39-26)32-16-24(9)29(34)33(31(32)35)19-37-17-25-14-12-11-13-15-25/h11-16,20-23,26-28,30H,17-19H2,1-10H3/t26?,27-,28?,30?/m1/s1. The smallest absolute Gasteiger partial charge is 0.335 e. The molecule has 2 aromatic rings. The van der Waals surface area contributed by atoms with Gasteiger partial charge in [0.05, 0.1) is 13.2 Å². The molecule has 1 aromatic heterocycles. The average Bonchev–Trinajstić information content (AvgIpc) is 3.28. The number of nitrogens with zero attached hydrogens (tertiary/aromatic N) is 2. The highest BCUT2D eigenvalue weighted by atomic mass is 28.5. The molecule has 0 saturated carbocycles. The molecule has 2 saturated heterocycles. The van der Waals surface area contributed by atoms with Crippen LogP contribution in [-0.4, -0.2) is 58.3 Å². The number of benzene rings is 1. The van der Waals surface area contributed by atoms with Gasteiger partial charge in [0.2, 0.25) is 0 Å². The molecular weight excluding hydrogens is 585 g/mol. The Morgan fingerprint density at radius 1 is 0.930 bits per heavy atom. The fourth-order valence-electron chi connectivity index (χ4n) is 6.48. The minimum atomic E-state index is -2.94. The number of aromatic nitrogens is 2. The van der Waals surface area contributed by atoms with E-state index >= 15 is 0 Å². The van der Waals surface area contributed by atoms with Crippen molar-refractivity contribution in [1.82, 2.24) is 9.13 Å². The lowest BCUT2D eigenvalue weighted by Gasteiger charge is -2.51.